The number of hydrogen-bond acceptors (Lipinski definition) is 6. The molecule has 2 atom stereocenters. The third-order valence-electron chi connectivity index (χ3n) is 11.7. The lowest BCUT2D eigenvalue weighted by Gasteiger charge is -2.35. The van der Waals surface area contributed by atoms with Gasteiger partial charge in [0.2, 0.25) is 5.91 Å². The van der Waals surface area contributed by atoms with Gasteiger partial charge in [-0.3, -0.25) is 19.8 Å². The summed E-state index contributed by atoms with van der Waals surface area (Å²) < 4.78 is 21.0. The average Bonchev–Trinajstić information content (AvgIpc) is 3.89. The summed E-state index contributed by atoms with van der Waals surface area (Å²) in [5.41, 5.74) is 8.74. The third kappa shape index (κ3) is 7.02. The number of nitrogens with zero attached hydrogens (tertiary/aromatic N) is 3. The van der Waals surface area contributed by atoms with Crippen LogP contribution in [0.1, 0.15) is 64.7 Å². The van der Waals surface area contributed by atoms with Gasteiger partial charge in [-0.25, -0.2) is 4.39 Å². The quantitative estimate of drug-likeness (QED) is 0.160. The molecule has 3 fully saturated rings. The van der Waals surface area contributed by atoms with E-state index in [9.17, 15) is 9.18 Å². The molecule has 1 aromatic carbocycles. The summed E-state index contributed by atoms with van der Waals surface area (Å²) in [6.45, 7) is 6.54. The second kappa shape index (κ2) is 14.6. The Morgan fingerprint density at radius 1 is 1.06 bits per heavy atom. The van der Waals surface area contributed by atoms with Gasteiger partial charge < -0.3 is 20.4 Å². The molecule has 2 aliphatic heterocycles. The summed E-state index contributed by atoms with van der Waals surface area (Å²) in [5.74, 6) is 1.15. The number of likely N-dealkylation sites (tertiary alicyclic amines) is 1. The van der Waals surface area contributed by atoms with Crippen LogP contribution in [-0.2, 0) is 4.79 Å². The van der Waals surface area contributed by atoms with E-state index < -0.39 is 0 Å². The number of hydrogen-bond donors (Lipinski definition) is 4. The maximum absolute atomic E-state index is 15.0. The Balaban J connectivity index is 0.982. The van der Waals surface area contributed by atoms with Crippen molar-refractivity contribution in [2.24, 2.45) is 11.8 Å². The molecule has 274 valence electrons. The lowest BCUT2D eigenvalue weighted by atomic mass is 9.82. The molecule has 9 nitrogen and oxygen atoms in total. The largest absolute Gasteiger partial charge is 0.492 e. The number of fused-ring (bicyclic) bond motifs is 3. The number of pyridine rings is 1. The van der Waals surface area contributed by atoms with Crippen LogP contribution in [-0.4, -0.2) is 69.8 Å². The number of aromatic amines is 2. The van der Waals surface area contributed by atoms with Crippen LogP contribution in [0.5, 0.6) is 5.75 Å². The second-order valence-corrected chi connectivity index (χ2v) is 15.6. The molecular formula is C43H48FN7O2. The second-order valence-electron chi connectivity index (χ2n) is 15.6. The topological polar surface area (TPSA) is 111 Å². The molecule has 3 aromatic heterocycles. The minimum absolute atomic E-state index is 0.0358. The fourth-order valence-corrected chi connectivity index (χ4v) is 9.03. The molecule has 5 heterocycles. The maximum atomic E-state index is 15.0. The van der Waals surface area contributed by atoms with Crippen molar-refractivity contribution < 1.29 is 13.9 Å². The van der Waals surface area contributed by atoms with E-state index in [1.165, 1.54) is 62.2 Å². The van der Waals surface area contributed by atoms with E-state index in [4.69, 9.17) is 9.84 Å². The normalized spacial score (nSPS) is 21.8. The number of carbonyl (C=O) groups is 1. The maximum Gasteiger partial charge on any atom is 0.224 e. The van der Waals surface area contributed by atoms with Crippen LogP contribution in [0, 0.1) is 17.7 Å². The van der Waals surface area contributed by atoms with Crippen LogP contribution in [0.25, 0.3) is 45.1 Å². The standard InChI is InChI=1S/C43H48FN7O2/c1-26-15-28(19-31(16-26)47-40(52)17-27-7-3-2-4-8-27)33-9-10-37-41(36-24-46-42(33)36)43(50-49-37)38-22-34-35(23-45-25-39(34)48-38)29-18-30(44)21-32(20-29)53-14-13-51-11-5-6-12-51/h9-10,15,18-23,25-27,42,46,48-49H,2-8,11-14,16-17,24H2,1H3,(H,47,52)/t26-,42?/m1/s1. The van der Waals surface area contributed by atoms with Gasteiger partial charge in [-0.2, -0.15) is 5.10 Å². The Kier molecular flexibility index (Phi) is 9.34. The van der Waals surface area contributed by atoms with E-state index in [0.717, 1.165) is 87.9 Å². The van der Waals surface area contributed by atoms with Crippen molar-refractivity contribution in [3.05, 3.63) is 88.1 Å². The molecule has 4 N–H and O–H groups in total. The van der Waals surface area contributed by atoms with Gasteiger partial charge >= 0.3 is 0 Å². The smallest absolute Gasteiger partial charge is 0.224 e. The van der Waals surface area contributed by atoms with Crippen LogP contribution in [0.15, 0.2) is 71.7 Å². The van der Waals surface area contributed by atoms with Crippen molar-refractivity contribution >= 4 is 28.5 Å². The molecule has 0 bridgehead atoms. The number of halogens is 1. The highest BCUT2D eigenvalue weighted by molar-refractivity contribution is 5.97. The number of ether oxygens (including phenoxy) is 1. The van der Waals surface area contributed by atoms with Crippen LogP contribution in [0.3, 0.4) is 0 Å². The van der Waals surface area contributed by atoms with Crippen molar-refractivity contribution in [3.8, 4) is 28.3 Å². The summed E-state index contributed by atoms with van der Waals surface area (Å²) in [6.07, 6.45) is 22.4. The van der Waals surface area contributed by atoms with Crippen LogP contribution in [0.4, 0.5) is 4.39 Å². The van der Waals surface area contributed by atoms with E-state index in [0.29, 0.717) is 30.6 Å². The molecule has 4 aromatic rings. The van der Waals surface area contributed by atoms with Crippen LogP contribution >= 0.6 is 0 Å². The number of nitrogens with one attached hydrogen (secondary N) is 4. The molecule has 9 rings (SSSR count). The molecule has 1 saturated carbocycles. The molecular weight excluding hydrogens is 666 g/mol. The van der Waals surface area contributed by atoms with Crippen molar-refractivity contribution in [3.63, 3.8) is 0 Å². The zero-order valence-corrected chi connectivity index (χ0v) is 30.4. The van der Waals surface area contributed by atoms with E-state index in [1.807, 2.05) is 12.3 Å². The number of carbonyl (C=O) groups excluding carboxylic acids is 1. The first kappa shape index (κ1) is 34.0. The molecule has 2 saturated heterocycles. The summed E-state index contributed by atoms with van der Waals surface area (Å²) in [4.78, 5) is 23.5. The molecule has 5 aliphatic rings. The van der Waals surface area contributed by atoms with E-state index in [2.05, 4.69) is 67.9 Å². The monoisotopic (exact) mass is 713 g/mol. The Bertz CT molecular complexity index is 2270. The molecule has 10 heteroatoms. The number of H-pyrrole nitrogens is 2. The van der Waals surface area contributed by atoms with E-state index in [-0.39, 0.29) is 17.8 Å². The molecule has 1 unspecified atom stereocenters. The first-order valence-electron chi connectivity index (χ1n) is 19.5. The van der Waals surface area contributed by atoms with Crippen molar-refractivity contribution in [2.75, 3.05) is 32.8 Å². The van der Waals surface area contributed by atoms with E-state index in [1.54, 1.807) is 12.3 Å². The van der Waals surface area contributed by atoms with Crippen molar-refractivity contribution in [1.82, 2.24) is 35.7 Å². The minimum atomic E-state index is -0.339. The summed E-state index contributed by atoms with van der Waals surface area (Å²) in [5, 5.41) is 18.1. The van der Waals surface area contributed by atoms with Gasteiger partial charge in [0, 0.05) is 53.6 Å². The van der Waals surface area contributed by atoms with Gasteiger partial charge in [0.15, 0.2) is 0 Å². The van der Waals surface area contributed by atoms with Gasteiger partial charge in [-0.15, -0.1) is 0 Å². The van der Waals surface area contributed by atoms with Crippen LogP contribution < -0.4 is 25.9 Å². The van der Waals surface area contributed by atoms with Gasteiger partial charge in [0.1, 0.15) is 23.9 Å². The number of benzene rings is 1. The minimum Gasteiger partial charge on any atom is -0.492 e. The third-order valence-corrected chi connectivity index (χ3v) is 11.7. The summed E-state index contributed by atoms with van der Waals surface area (Å²) in [7, 11) is 0. The van der Waals surface area contributed by atoms with Crippen LogP contribution in [0.2, 0.25) is 0 Å². The fraction of sp³-hybridized carbons (Fsp3) is 0.419. The van der Waals surface area contributed by atoms with Gasteiger partial charge in [-0.05, 0) is 110 Å². The summed E-state index contributed by atoms with van der Waals surface area (Å²) >= 11 is 0. The van der Waals surface area contributed by atoms with E-state index >= 15 is 0 Å². The molecule has 53 heavy (non-hydrogen) atoms. The van der Waals surface area contributed by atoms with Gasteiger partial charge in [0.05, 0.1) is 28.8 Å². The van der Waals surface area contributed by atoms with Gasteiger partial charge in [-0.1, -0.05) is 38.3 Å². The molecule has 3 aliphatic carbocycles. The zero-order valence-electron chi connectivity index (χ0n) is 30.4. The molecule has 0 spiro atoms. The van der Waals surface area contributed by atoms with Gasteiger partial charge in [0.25, 0.3) is 0 Å². The zero-order chi connectivity index (χ0) is 35.9. The Hall–Kier alpha value is -4.80. The number of amides is 1. The fourth-order valence-electron chi connectivity index (χ4n) is 9.03. The average molecular weight is 714 g/mol. The molecule has 0 radical (unpaired) electrons. The van der Waals surface area contributed by atoms with Crippen molar-refractivity contribution in [1.29, 1.82) is 0 Å². The Labute approximate surface area is 309 Å². The predicted octanol–water partition coefficient (Wildman–Crippen LogP) is 6.01. The Morgan fingerprint density at radius 2 is 1.92 bits per heavy atom. The number of rotatable bonds is 10. The lowest BCUT2D eigenvalue weighted by molar-refractivity contribution is -0.121. The predicted molar refractivity (Wildman–Crippen MR) is 207 cm³/mol. The highest BCUT2D eigenvalue weighted by atomic mass is 19.1. The SMILES string of the molecule is C[C@@H]1C=C(C2=CC=c3[nH]nc(-c4cc5c(-c6cc(F)cc(OCCN7CCCC7)c6)cncc5[nH]4)c3=C3CNC23)C=C(NC(=O)CC2CCCCC2)C1. The van der Waals surface area contributed by atoms with Crippen molar-refractivity contribution in [2.45, 2.75) is 70.8 Å². The number of allylic oxidation sites excluding steroid dienone is 4. The number of aromatic nitrogens is 4. The first-order chi connectivity index (χ1) is 25.9. The Morgan fingerprint density at radius 3 is 2.75 bits per heavy atom. The summed E-state index contributed by atoms with van der Waals surface area (Å²) in [6, 6.07) is 7.04. The highest BCUT2D eigenvalue weighted by Gasteiger charge is 2.33. The lowest BCUT2D eigenvalue weighted by Crippen LogP contribution is -2.51. The molecule has 1 amide bonds. The first-order valence-corrected chi connectivity index (χ1v) is 19.5. The highest BCUT2D eigenvalue weighted by Crippen LogP contribution is 2.35.